The van der Waals surface area contributed by atoms with Crippen molar-refractivity contribution in [1.82, 2.24) is 0 Å². The van der Waals surface area contributed by atoms with E-state index in [2.05, 4.69) is 5.32 Å². The van der Waals surface area contributed by atoms with E-state index in [0.717, 1.165) is 0 Å². The van der Waals surface area contributed by atoms with Crippen molar-refractivity contribution < 1.29 is 13.9 Å². The van der Waals surface area contributed by atoms with Gasteiger partial charge in [-0.25, -0.2) is 8.78 Å². The third-order valence-corrected chi connectivity index (χ3v) is 2.04. The molecule has 3 nitrogen and oxygen atoms in total. The molecule has 0 aliphatic heterocycles. The van der Waals surface area contributed by atoms with Gasteiger partial charge in [-0.2, -0.15) is 0 Å². The summed E-state index contributed by atoms with van der Waals surface area (Å²) in [5, 5.41) is 11.9. The number of benzene rings is 1. The smallest absolute Gasteiger partial charge is 0.265 e. The van der Waals surface area contributed by atoms with Crippen LogP contribution in [0.1, 0.15) is 0 Å². The van der Waals surface area contributed by atoms with Gasteiger partial charge in [-0.05, 0) is 18.2 Å². The van der Waals surface area contributed by atoms with Crippen LogP contribution < -0.4 is 11.1 Å². The number of nitrogen functional groups attached to an aromatic ring is 1. The number of nitrogens with two attached hydrogens (primary N) is 1. The lowest BCUT2D eigenvalue weighted by molar-refractivity contribution is 0.00385. The number of halogens is 3. The Bertz CT molecular complexity index is 336. The number of anilines is 2. The van der Waals surface area contributed by atoms with Crippen molar-refractivity contribution in [1.29, 1.82) is 0 Å². The van der Waals surface area contributed by atoms with Crippen LogP contribution in [0.4, 0.5) is 20.2 Å². The summed E-state index contributed by atoms with van der Waals surface area (Å²) in [7, 11) is 0. The van der Waals surface area contributed by atoms with Crippen LogP contribution in [0, 0.1) is 0 Å². The Kier molecular flexibility index (Phi) is 4.11. The van der Waals surface area contributed by atoms with E-state index in [0.29, 0.717) is 16.4 Å². The maximum atomic E-state index is 12.0. The number of aliphatic hydroxyl groups excluding tert-OH is 1. The lowest BCUT2D eigenvalue weighted by Gasteiger charge is -2.13. The van der Waals surface area contributed by atoms with Crippen LogP contribution in [-0.2, 0) is 0 Å². The fourth-order valence-corrected chi connectivity index (χ4v) is 1.18. The lowest BCUT2D eigenvalue weighted by Crippen LogP contribution is -2.27. The molecule has 1 unspecified atom stereocenters. The quantitative estimate of drug-likeness (QED) is 0.701. The summed E-state index contributed by atoms with van der Waals surface area (Å²) < 4.78 is 23.9. The second-order valence-corrected chi connectivity index (χ2v) is 3.45. The van der Waals surface area contributed by atoms with Gasteiger partial charge in [0.1, 0.15) is 6.10 Å². The zero-order chi connectivity index (χ0) is 11.4. The summed E-state index contributed by atoms with van der Waals surface area (Å²) in [6.45, 7) is -0.260. The molecule has 1 atom stereocenters. The molecule has 0 spiro atoms. The van der Waals surface area contributed by atoms with Gasteiger partial charge in [0.2, 0.25) is 0 Å². The monoisotopic (exact) mass is 236 g/mol. The minimum absolute atomic E-state index is 0.260. The minimum atomic E-state index is -2.77. The van der Waals surface area contributed by atoms with E-state index >= 15 is 0 Å². The molecule has 4 N–H and O–H groups in total. The van der Waals surface area contributed by atoms with Gasteiger partial charge < -0.3 is 16.2 Å². The van der Waals surface area contributed by atoms with Gasteiger partial charge in [-0.3, -0.25) is 0 Å². The highest BCUT2D eigenvalue weighted by molar-refractivity contribution is 6.31. The van der Waals surface area contributed by atoms with Crippen LogP contribution in [-0.4, -0.2) is 24.2 Å². The Morgan fingerprint density at radius 3 is 2.67 bits per heavy atom. The van der Waals surface area contributed by atoms with Crippen molar-refractivity contribution in [3.05, 3.63) is 23.2 Å². The van der Waals surface area contributed by atoms with Crippen molar-refractivity contribution in [2.75, 3.05) is 17.6 Å². The highest BCUT2D eigenvalue weighted by atomic mass is 35.5. The summed E-state index contributed by atoms with van der Waals surface area (Å²) in [4.78, 5) is 0. The summed E-state index contributed by atoms with van der Waals surface area (Å²) in [5.41, 5.74) is 6.39. The summed E-state index contributed by atoms with van der Waals surface area (Å²) in [6, 6.07) is 4.64. The average molecular weight is 237 g/mol. The first-order valence-electron chi connectivity index (χ1n) is 4.26. The zero-order valence-electron chi connectivity index (χ0n) is 7.75. The van der Waals surface area contributed by atoms with Crippen LogP contribution in [0.2, 0.25) is 5.02 Å². The molecule has 0 aromatic heterocycles. The van der Waals surface area contributed by atoms with Crippen LogP contribution in [0.15, 0.2) is 18.2 Å². The largest absolute Gasteiger partial charge is 0.397 e. The van der Waals surface area contributed by atoms with Crippen molar-refractivity contribution in [3.8, 4) is 0 Å². The molecule has 1 rings (SSSR count). The Morgan fingerprint density at radius 2 is 2.13 bits per heavy atom. The Labute approximate surface area is 90.8 Å². The Morgan fingerprint density at radius 1 is 1.47 bits per heavy atom. The molecule has 6 heteroatoms. The van der Waals surface area contributed by atoms with E-state index in [-0.39, 0.29) is 6.54 Å². The van der Waals surface area contributed by atoms with Gasteiger partial charge in [0.05, 0.1) is 11.4 Å². The van der Waals surface area contributed by atoms with E-state index in [4.69, 9.17) is 22.4 Å². The van der Waals surface area contributed by atoms with Crippen molar-refractivity contribution in [3.63, 3.8) is 0 Å². The topological polar surface area (TPSA) is 58.3 Å². The second kappa shape index (κ2) is 5.14. The van der Waals surface area contributed by atoms with Gasteiger partial charge in [-0.15, -0.1) is 0 Å². The third kappa shape index (κ3) is 3.53. The summed E-state index contributed by atoms with van der Waals surface area (Å²) >= 11 is 5.65. The van der Waals surface area contributed by atoms with Gasteiger partial charge in [0, 0.05) is 11.6 Å². The minimum Gasteiger partial charge on any atom is -0.397 e. The van der Waals surface area contributed by atoms with Crippen molar-refractivity contribution >= 4 is 23.0 Å². The molecule has 0 saturated heterocycles. The number of aliphatic hydroxyl groups is 1. The first-order chi connectivity index (χ1) is 7.00. The highest BCUT2D eigenvalue weighted by Crippen LogP contribution is 2.22. The average Bonchev–Trinajstić information content (AvgIpc) is 2.15. The van der Waals surface area contributed by atoms with Gasteiger partial charge in [0.25, 0.3) is 6.43 Å². The van der Waals surface area contributed by atoms with Gasteiger partial charge in [-0.1, -0.05) is 11.6 Å². The molecular weight excluding hydrogens is 226 g/mol. The number of alkyl halides is 2. The number of hydrogen-bond acceptors (Lipinski definition) is 3. The van der Waals surface area contributed by atoms with Crippen LogP contribution in [0.5, 0.6) is 0 Å². The molecule has 84 valence electrons. The third-order valence-electron chi connectivity index (χ3n) is 1.81. The van der Waals surface area contributed by atoms with E-state index in [1.54, 1.807) is 12.1 Å². The summed E-state index contributed by atoms with van der Waals surface area (Å²) in [5.74, 6) is 0. The fraction of sp³-hybridized carbons (Fsp3) is 0.333. The van der Waals surface area contributed by atoms with Gasteiger partial charge >= 0.3 is 0 Å². The first kappa shape index (κ1) is 12.0. The van der Waals surface area contributed by atoms with Crippen molar-refractivity contribution in [2.24, 2.45) is 0 Å². The molecular formula is C9H11ClF2N2O. The molecule has 0 heterocycles. The van der Waals surface area contributed by atoms with Gasteiger partial charge in [0.15, 0.2) is 0 Å². The Hall–Kier alpha value is -1.07. The number of nitrogens with one attached hydrogen (secondary N) is 1. The maximum Gasteiger partial charge on any atom is 0.265 e. The second-order valence-electron chi connectivity index (χ2n) is 3.01. The number of rotatable bonds is 4. The van der Waals surface area contributed by atoms with Crippen LogP contribution in [0.25, 0.3) is 0 Å². The molecule has 0 aliphatic carbocycles. The standard InChI is InChI=1S/C9H11ClF2N2O/c10-5-1-2-7(6(13)3-5)14-4-8(15)9(11)12/h1-3,8-9,14-15H,4,13H2. The molecule has 0 saturated carbocycles. The van der Waals surface area contributed by atoms with Crippen molar-refractivity contribution in [2.45, 2.75) is 12.5 Å². The molecule has 0 fully saturated rings. The molecule has 0 bridgehead atoms. The molecule has 1 aromatic rings. The normalized spacial score (nSPS) is 12.9. The molecule has 0 aliphatic rings. The molecule has 15 heavy (non-hydrogen) atoms. The van der Waals surface area contributed by atoms with E-state index in [1.165, 1.54) is 6.07 Å². The van der Waals surface area contributed by atoms with E-state index in [9.17, 15) is 8.78 Å². The predicted molar refractivity (Wildman–Crippen MR) is 56.4 cm³/mol. The summed E-state index contributed by atoms with van der Waals surface area (Å²) in [6.07, 6.45) is -4.48. The number of hydrogen-bond donors (Lipinski definition) is 3. The lowest BCUT2D eigenvalue weighted by atomic mass is 10.2. The molecule has 1 aromatic carbocycles. The highest BCUT2D eigenvalue weighted by Gasteiger charge is 2.16. The SMILES string of the molecule is Nc1cc(Cl)ccc1NCC(O)C(F)F. The first-order valence-corrected chi connectivity index (χ1v) is 4.63. The van der Waals surface area contributed by atoms with E-state index in [1.807, 2.05) is 0 Å². The predicted octanol–water partition coefficient (Wildman–Crippen LogP) is 1.96. The van der Waals surface area contributed by atoms with Crippen LogP contribution in [0.3, 0.4) is 0 Å². The Balaban J connectivity index is 2.58. The molecule has 0 radical (unpaired) electrons. The fourth-order valence-electron chi connectivity index (χ4n) is 0.998. The molecule has 0 amide bonds. The van der Waals surface area contributed by atoms with E-state index < -0.39 is 12.5 Å². The zero-order valence-corrected chi connectivity index (χ0v) is 8.51. The van der Waals surface area contributed by atoms with Crippen LogP contribution >= 0.6 is 11.6 Å². The maximum absolute atomic E-state index is 12.0.